The maximum atomic E-state index is 11.5. The molecule has 1 aliphatic heterocycles. The molecule has 1 unspecified atom stereocenters. The molecule has 254 valence electrons. The molecule has 5 aromatic rings. The van der Waals surface area contributed by atoms with Crippen molar-refractivity contribution in [3.63, 3.8) is 0 Å². The molecule has 0 aliphatic carbocycles. The van der Waals surface area contributed by atoms with E-state index in [0.29, 0.717) is 88.3 Å². The van der Waals surface area contributed by atoms with Gasteiger partial charge in [-0.05, 0) is 30.5 Å². The van der Waals surface area contributed by atoms with Crippen LogP contribution in [0.3, 0.4) is 0 Å². The highest BCUT2D eigenvalue weighted by Crippen LogP contribution is 2.42. The molecule has 0 saturated carbocycles. The Hall–Kier alpha value is -3.82. The highest BCUT2D eigenvalue weighted by Gasteiger charge is 2.21. The third kappa shape index (κ3) is 8.15. The van der Waals surface area contributed by atoms with Gasteiger partial charge in [-0.3, -0.25) is 19.9 Å². The second-order valence-corrected chi connectivity index (χ2v) is 14.0. The van der Waals surface area contributed by atoms with Crippen LogP contribution < -0.4 is 30.6 Å². The van der Waals surface area contributed by atoms with Crippen LogP contribution in [0.25, 0.3) is 33.6 Å². The van der Waals surface area contributed by atoms with E-state index in [1.54, 1.807) is 38.0 Å². The molecule has 1 saturated heterocycles. The Morgan fingerprint density at radius 3 is 1.94 bits per heavy atom. The Bertz CT molecular complexity index is 1960. The second kappa shape index (κ2) is 16.3. The lowest BCUT2D eigenvalue weighted by Crippen LogP contribution is -2.35. The van der Waals surface area contributed by atoms with Gasteiger partial charge in [0.25, 0.3) is 0 Å². The highest BCUT2D eigenvalue weighted by molar-refractivity contribution is 7.99. The smallest absolute Gasteiger partial charge is 0.237 e. The third-order valence-corrected chi connectivity index (χ3v) is 10.6. The van der Waals surface area contributed by atoms with Crippen molar-refractivity contribution < 1.29 is 14.3 Å². The molecule has 0 bridgehead atoms. The van der Waals surface area contributed by atoms with Crippen molar-refractivity contribution in [2.75, 3.05) is 20.8 Å². The van der Waals surface area contributed by atoms with E-state index in [1.165, 1.54) is 16.8 Å². The van der Waals surface area contributed by atoms with Gasteiger partial charge in [0.15, 0.2) is 0 Å². The van der Waals surface area contributed by atoms with E-state index in [0.717, 1.165) is 21.8 Å². The number of carbonyl (C=O) groups is 1. The summed E-state index contributed by atoms with van der Waals surface area (Å²) in [7, 11) is 3.13. The number of hydrogen-bond donors (Lipinski definition) is 4. The van der Waals surface area contributed by atoms with E-state index in [1.807, 2.05) is 42.5 Å². The molecule has 5 N–H and O–H groups in total. The van der Waals surface area contributed by atoms with E-state index in [-0.39, 0.29) is 11.9 Å². The average molecular weight is 738 g/mol. The lowest BCUT2D eigenvalue weighted by molar-refractivity contribution is -0.119. The number of nitrogens with zero attached hydrogens (tertiary/aromatic N) is 4. The van der Waals surface area contributed by atoms with Crippen LogP contribution in [0, 0.1) is 0 Å². The van der Waals surface area contributed by atoms with Crippen LogP contribution >= 0.6 is 46.5 Å². The molecule has 0 spiro atoms. The summed E-state index contributed by atoms with van der Waals surface area (Å²) >= 11 is 17.0. The molecule has 3 aromatic heterocycles. The molecule has 4 heterocycles. The number of amides is 1. The molecule has 1 amide bonds. The number of benzene rings is 2. The topological polar surface area (TPSA) is 149 Å². The van der Waals surface area contributed by atoms with Crippen molar-refractivity contribution in [3.8, 4) is 45.4 Å². The summed E-state index contributed by atoms with van der Waals surface area (Å²) < 4.78 is 12.3. The van der Waals surface area contributed by atoms with Crippen LogP contribution in [-0.2, 0) is 24.4 Å². The normalized spacial score (nSPS) is 14.2. The number of thiophene rings is 1. The van der Waals surface area contributed by atoms with Gasteiger partial charge in [0.2, 0.25) is 17.7 Å². The van der Waals surface area contributed by atoms with E-state index in [2.05, 4.69) is 32.0 Å². The largest absolute Gasteiger partial charge is 0.480 e. The molecular formula is C34H34Cl2N8O3S2. The number of nitrogens with two attached hydrogens (primary N) is 1. The Morgan fingerprint density at radius 2 is 1.43 bits per heavy atom. The van der Waals surface area contributed by atoms with Crippen molar-refractivity contribution in [3.05, 3.63) is 87.2 Å². The first-order valence-corrected chi connectivity index (χ1v) is 17.9. The number of nitrogens with one attached hydrogen (secondary N) is 3. The standard InChI is InChI=1S/C34H34Cl2N8O3S2/c1-46-33-27(15-38-13-19-9-11-29(45)42-19)40-17-25(43-33)23-7-3-5-21(31(23)35)22-6-4-8-24(32(22)36)26-18-41-28(34(44-26)47-2)16-39-14-20-10-12-30(48-20)49-37/h3-8,10,12,17-19,38-39H,9,11,13-16,37H2,1-2H3,(H,42,45). The summed E-state index contributed by atoms with van der Waals surface area (Å²) in [6.07, 6.45) is 4.74. The molecule has 1 fully saturated rings. The van der Waals surface area contributed by atoms with Gasteiger partial charge in [-0.2, -0.15) is 0 Å². The second-order valence-electron chi connectivity index (χ2n) is 11.1. The first-order valence-electron chi connectivity index (χ1n) is 15.4. The van der Waals surface area contributed by atoms with Crippen molar-refractivity contribution in [2.24, 2.45) is 5.14 Å². The van der Waals surface area contributed by atoms with Gasteiger partial charge in [-0.15, -0.1) is 11.3 Å². The zero-order valence-corrected chi connectivity index (χ0v) is 29.9. The van der Waals surface area contributed by atoms with Gasteiger partial charge in [-0.1, -0.05) is 59.6 Å². The van der Waals surface area contributed by atoms with Gasteiger partial charge in [0.1, 0.15) is 11.4 Å². The number of methoxy groups -OCH3 is 2. The molecule has 15 heteroatoms. The molecule has 1 aliphatic rings. The number of carbonyl (C=O) groups excluding carboxylic acids is 1. The molecule has 1 atom stereocenters. The summed E-state index contributed by atoms with van der Waals surface area (Å²) in [5, 5.41) is 16.3. The minimum Gasteiger partial charge on any atom is -0.480 e. The Balaban J connectivity index is 1.20. The van der Waals surface area contributed by atoms with Crippen LogP contribution in [0.4, 0.5) is 0 Å². The fourth-order valence-corrected chi connectivity index (χ4v) is 7.53. The Labute approximate surface area is 302 Å². The van der Waals surface area contributed by atoms with Gasteiger partial charge in [0, 0.05) is 65.8 Å². The molecule has 49 heavy (non-hydrogen) atoms. The number of hydrogen-bond acceptors (Lipinski definition) is 12. The number of rotatable bonds is 14. The van der Waals surface area contributed by atoms with Gasteiger partial charge in [-0.25, -0.2) is 9.97 Å². The summed E-state index contributed by atoms with van der Waals surface area (Å²) in [6, 6.07) is 15.6. The molecular weight excluding hydrogens is 703 g/mol. The quantitative estimate of drug-likeness (QED) is 0.0955. The van der Waals surface area contributed by atoms with E-state index >= 15 is 0 Å². The van der Waals surface area contributed by atoms with Gasteiger partial charge >= 0.3 is 0 Å². The monoisotopic (exact) mass is 736 g/mol. The SMILES string of the molecule is COc1nc(-c2cccc(-c3cccc(-c4cnc(CNCC5CCC(=O)N5)c(OC)n4)c3Cl)c2Cl)cnc1CNCc1ccc(SN)s1. The number of aromatic nitrogens is 4. The van der Waals surface area contributed by atoms with Gasteiger partial charge in [0.05, 0.1) is 52.3 Å². The molecule has 11 nitrogen and oxygen atoms in total. The van der Waals surface area contributed by atoms with E-state index in [9.17, 15) is 4.79 Å². The third-order valence-electron chi connectivity index (χ3n) is 7.96. The maximum absolute atomic E-state index is 11.5. The lowest BCUT2D eigenvalue weighted by Gasteiger charge is -2.15. The van der Waals surface area contributed by atoms with Gasteiger partial charge < -0.3 is 25.4 Å². The predicted molar refractivity (Wildman–Crippen MR) is 195 cm³/mol. The van der Waals surface area contributed by atoms with E-state index in [4.69, 9.17) is 47.8 Å². The Kier molecular flexibility index (Phi) is 11.6. The van der Waals surface area contributed by atoms with Crippen LogP contribution in [0.5, 0.6) is 11.8 Å². The first-order chi connectivity index (χ1) is 23.9. The molecule has 0 radical (unpaired) electrons. The van der Waals surface area contributed by atoms with Crippen LogP contribution in [-0.4, -0.2) is 52.6 Å². The van der Waals surface area contributed by atoms with Crippen LogP contribution in [0.1, 0.15) is 29.1 Å². The summed E-state index contributed by atoms with van der Waals surface area (Å²) in [5.74, 6) is 0.881. The first kappa shape index (κ1) is 35.0. The van der Waals surface area contributed by atoms with Crippen LogP contribution in [0.2, 0.25) is 10.0 Å². The zero-order chi connectivity index (χ0) is 34.3. The fraction of sp³-hybridized carbons (Fsp3) is 0.265. The van der Waals surface area contributed by atoms with Crippen molar-refractivity contribution in [1.82, 2.24) is 35.9 Å². The Morgan fingerprint density at radius 1 is 0.857 bits per heavy atom. The summed E-state index contributed by atoms with van der Waals surface area (Å²) in [4.78, 5) is 31.4. The lowest BCUT2D eigenvalue weighted by atomic mass is 9.98. The predicted octanol–water partition coefficient (Wildman–Crippen LogP) is 6.28. The fourth-order valence-electron chi connectivity index (χ4n) is 5.51. The summed E-state index contributed by atoms with van der Waals surface area (Å²) in [5.41, 5.74) is 5.27. The minimum absolute atomic E-state index is 0.0829. The highest BCUT2D eigenvalue weighted by atomic mass is 35.5. The number of halogens is 2. The van der Waals surface area contributed by atoms with Crippen molar-refractivity contribution in [2.45, 2.75) is 42.7 Å². The molecule has 6 rings (SSSR count). The zero-order valence-electron chi connectivity index (χ0n) is 26.8. The average Bonchev–Trinajstić information content (AvgIpc) is 3.77. The number of ether oxygens (including phenoxy) is 2. The van der Waals surface area contributed by atoms with E-state index < -0.39 is 0 Å². The van der Waals surface area contributed by atoms with Crippen molar-refractivity contribution >= 4 is 52.4 Å². The molecule has 2 aromatic carbocycles. The van der Waals surface area contributed by atoms with Crippen LogP contribution in [0.15, 0.2) is 65.1 Å². The summed E-state index contributed by atoms with van der Waals surface area (Å²) in [6.45, 7) is 2.22. The van der Waals surface area contributed by atoms with Crippen molar-refractivity contribution in [1.29, 1.82) is 0 Å². The maximum Gasteiger partial charge on any atom is 0.237 e. The minimum atomic E-state index is 0.0829.